The molecule has 2 aliphatic heterocycles. The largest absolute Gasteiger partial charge is 0.484 e. The first-order valence-corrected chi connectivity index (χ1v) is 22.7. The van der Waals surface area contributed by atoms with Gasteiger partial charge >= 0.3 is 5.69 Å². The lowest BCUT2D eigenvalue weighted by atomic mass is 9.72. The highest BCUT2D eigenvalue weighted by Crippen LogP contribution is 2.44. The molecule has 8 rings (SSSR count). The molecule has 3 aliphatic rings. The number of halogens is 2. The van der Waals surface area contributed by atoms with E-state index in [-0.39, 0.29) is 46.5 Å². The Balaban J connectivity index is 1.02. The first kappa shape index (κ1) is 43.5. The summed E-state index contributed by atoms with van der Waals surface area (Å²) < 4.78 is 52.3. The molecule has 2 N–H and O–H groups in total. The Hall–Kier alpha value is -5.16. The van der Waals surface area contributed by atoms with Crippen LogP contribution in [-0.4, -0.2) is 94.4 Å². The van der Waals surface area contributed by atoms with E-state index in [1.807, 2.05) is 18.2 Å². The summed E-state index contributed by atoms with van der Waals surface area (Å²) >= 11 is 12.9. The number of fused-ring (bicyclic) bond motifs is 1. The van der Waals surface area contributed by atoms with Crippen molar-refractivity contribution in [3.63, 3.8) is 0 Å². The number of benzene rings is 4. The zero-order chi connectivity index (χ0) is 43.6. The minimum Gasteiger partial charge on any atom is -0.484 e. The van der Waals surface area contributed by atoms with Crippen molar-refractivity contribution < 1.29 is 37.1 Å². The third kappa shape index (κ3) is 10.0. The van der Waals surface area contributed by atoms with Crippen molar-refractivity contribution in [3.05, 3.63) is 122 Å². The van der Waals surface area contributed by atoms with E-state index in [4.69, 9.17) is 42.1 Å². The number of aromatic nitrogens is 1. The van der Waals surface area contributed by atoms with Crippen LogP contribution < -0.4 is 19.1 Å². The molecular weight excluding hydrogens is 857 g/mol. The Kier molecular flexibility index (Phi) is 12.8. The van der Waals surface area contributed by atoms with Gasteiger partial charge in [-0.05, 0) is 90.4 Å². The number of H-pyrrole nitrogens is 1. The monoisotopic (exact) mass is 903 g/mol. The van der Waals surface area contributed by atoms with Crippen molar-refractivity contribution in [1.29, 1.82) is 0 Å². The highest BCUT2D eigenvalue weighted by Gasteiger charge is 2.31. The Labute approximate surface area is 369 Å². The Morgan fingerprint density at radius 1 is 0.968 bits per heavy atom. The lowest BCUT2D eigenvalue weighted by Crippen LogP contribution is -2.47. The number of aromatic amines is 1. The Bertz CT molecular complexity index is 2620. The normalized spacial score (nSPS) is 18.5. The molecule has 0 spiro atoms. The average molecular weight is 905 g/mol. The molecule has 1 unspecified atom stereocenters. The van der Waals surface area contributed by atoms with Crippen LogP contribution in [-0.2, 0) is 19.5 Å². The number of piperazine rings is 1. The van der Waals surface area contributed by atoms with Crippen LogP contribution in [0.25, 0.3) is 16.5 Å². The minimum absolute atomic E-state index is 0.0397. The number of nitrogens with one attached hydrogen (secondary N) is 2. The summed E-state index contributed by atoms with van der Waals surface area (Å²) in [6, 6.07) is 21.5. The number of carbonyl (C=O) groups excluding carboxylic acids is 1. The van der Waals surface area contributed by atoms with Gasteiger partial charge in [0, 0.05) is 72.7 Å². The minimum atomic E-state index is -4.63. The number of hydrogen-bond donors (Lipinski definition) is 2. The van der Waals surface area contributed by atoms with Gasteiger partial charge in [-0.1, -0.05) is 54.8 Å². The molecule has 62 heavy (non-hydrogen) atoms. The van der Waals surface area contributed by atoms with Crippen LogP contribution in [0.4, 0.5) is 11.4 Å². The highest BCUT2D eigenvalue weighted by molar-refractivity contribution is 7.90. The average Bonchev–Trinajstić information content (AvgIpc) is 3.71. The number of rotatable bonds is 13. The topological polar surface area (TPSA) is 166 Å². The fraction of sp³-hybridized carbons (Fsp3) is 0.356. The lowest BCUT2D eigenvalue weighted by Gasteiger charge is -2.39. The number of nitro groups is 1. The number of amides is 1. The summed E-state index contributed by atoms with van der Waals surface area (Å²) in [4.78, 5) is 32.5. The van der Waals surface area contributed by atoms with Crippen molar-refractivity contribution >= 4 is 67.0 Å². The van der Waals surface area contributed by atoms with Gasteiger partial charge in [-0.3, -0.25) is 19.8 Å². The molecule has 326 valence electrons. The zero-order valence-corrected chi connectivity index (χ0v) is 36.7. The summed E-state index contributed by atoms with van der Waals surface area (Å²) in [6.07, 6.45) is 4.49. The van der Waals surface area contributed by atoms with Gasteiger partial charge < -0.3 is 28.8 Å². The first-order chi connectivity index (χ1) is 29.7. The van der Waals surface area contributed by atoms with Crippen LogP contribution in [0.1, 0.15) is 49.0 Å². The molecule has 3 heterocycles. The van der Waals surface area contributed by atoms with E-state index < -0.39 is 37.5 Å². The number of nitrogens with zero attached hydrogens (tertiary/aromatic N) is 3. The first-order valence-electron chi connectivity index (χ1n) is 20.4. The number of carbonyl (C=O) groups is 1. The van der Waals surface area contributed by atoms with Crippen LogP contribution >= 0.6 is 23.2 Å². The Morgan fingerprint density at radius 3 is 2.50 bits per heavy atom. The second-order valence-corrected chi connectivity index (χ2v) is 19.0. The van der Waals surface area contributed by atoms with Gasteiger partial charge in [-0.2, -0.15) is 0 Å². The summed E-state index contributed by atoms with van der Waals surface area (Å²) in [5, 5.41) is 13.8. The van der Waals surface area contributed by atoms with Crippen molar-refractivity contribution in [2.24, 2.45) is 5.41 Å². The molecule has 2 saturated heterocycles. The van der Waals surface area contributed by atoms with Gasteiger partial charge in [0.25, 0.3) is 15.9 Å². The predicted molar refractivity (Wildman–Crippen MR) is 238 cm³/mol. The van der Waals surface area contributed by atoms with Gasteiger partial charge in [-0.15, -0.1) is 0 Å². The van der Waals surface area contributed by atoms with E-state index in [9.17, 15) is 23.3 Å². The molecule has 14 nitrogen and oxygen atoms in total. The molecule has 17 heteroatoms. The maximum atomic E-state index is 13.9. The van der Waals surface area contributed by atoms with Gasteiger partial charge in [0.05, 0.1) is 40.2 Å². The maximum absolute atomic E-state index is 13.9. The number of ether oxygens (including phenoxy) is 4. The molecule has 1 aromatic heterocycles. The summed E-state index contributed by atoms with van der Waals surface area (Å²) in [7, 11) is -4.63. The van der Waals surface area contributed by atoms with Crippen molar-refractivity contribution in [2.45, 2.75) is 44.1 Å². The molecule has 1 atom stereocenters. The second kappa shape index (κ2) is 18.3. The zero-order valence-electron chi connectivity index (χ0n) is 34.3. The molecule has 4 aromatic carbocycles. The molecule has 1 aliphatic carbocycles. The van der Waals surface area contributed by atoms with Crippen molar-refractivity contribution in [3.8, 4) is 17.2 Å². The third-order valence-corrected chi connectivity index (χ3v) is 13.4. The summed E-state index contributed by atoms with van der Waals surface area (Å²) in [5.74, 6) is -0.834. The van der Waals surface area contributed by atoms with Crippen molar-refractivity contribution in [2.75, 3.05) is 64.1 Å². The SMILES string of the molecule is CC1(C)CCC(CN2CCN(c3ccc(C(=O)NS(=O)(=O)c4ccc(OCC5COCCO5)c([N+](=O)[O-])c4)c(Oc4cc5cc[nH]c5cc4Cl)c3)CC2)=C(c2ccc(Cl)cc2)C1. The van der Waals surface area contributed by atoms with E-state index >= 15 is 0 Å². The highest BCUT2D eigenvalue weighted by atomic mass is 35.5. The molecule has 0 radical (unpaired) electrons. The van der Waals surface area contributed by atoms with Gasteiger partial charge in [0.1, 0.15) is 24.2 Å². The van der Waals surface area contributed by atoms with Crippen molar-refractivity contribution in [1.82, 2.24) is 14.6 Å². The smallest absolute Gasteiger partial charge is 0.312 e. The van der Waals surface area contributed by atoms with E-state index in [1.165, 1.54) is 28.8 Å². The number of sulfonamides is 1. The van der Waals surface area contributed by atoms with Gasteiger partial charge in [0.15, 0.2) is 5.75 Å². The summed E-state index contributed by atoms with van der Waals surface area (Å²) in [5.41, 5.74) is 5.16. The standard InChI is InChI=1S/C45H47Cl2N5O9S/c1-45(2)13-11-31(37(25-45)29-3-5-32(46)6-4-29)26-50-15-17-51(18-16-50)33-7-9-36(42(22-33)61-43-21-30-12-14-48-39(30)24-38(43)47)44(53)49-62(56,57)35-8-10-41(40(23-35)52(54)55)60-28-34-27-58-19-20-59-34/h3-10,12,14,21-24,34,48H,11,13,15-20,25-28H2,1-2H3,(H,49,53). The second-order valence-electron chi connectivity index (χ2n) is 16.5. The van der Waals surface area contributed by atoms with Crippen LogP contribution in [0.3, 0.4) is 0 Å². The lowest BCUT2D eigenvalue weighted by molar-refractivity contribution is -0.386. The number of anilines is 1. The van der Waals surface area contributed by atoms with Gasteiger partial charge in [-0.25, -0.2) is 13.1 Å². The van der Waals surface area contributed by atoms with E-state index in [0.717, 1.165) is 72.6 Å². The molecule has 0 bridgehead atoms. The molecule has 0 saturated carbocycles. The number of hydrogen-bond acceptors (Lipinski definition) is 11. The molecule has 2 fully saturated rings. The quantitative estimate of drug-likeness (QED) is 0.0857. The Morgan fingerprint density at radius 2 is 1.76 bits per heavy atom. The third-order valence-electron chi connectivity index (χ3n) is 11.5. The molecule has 1 amide bonds. The van der Waals surface area contributed by atoms with E-state index in [1.54, 1.807) is 30.5 Å². The number of allylic oxidation sites excluding steroid dienone is 1. The van der Waals surface area contributed by atoms with E-state index in [2.05, 4.69) is 45.5 Å². The fourth-order valence-electron chi connectivity index (χ4n) is 8.11. The predicted octanol–water partition coefficient (Wildman–Crippen LogP) is 8.87. The fourth-order valence-corrected chi connectivity index (χ4v) is 9.42. The van der Waals surface area contributed by atoms with Crippen LogP contribution in [0.2, 0.25) is 10.0 Å². The molecule has 5 aromatic rings. The van der Waals surface area contributed by atoms with Crippen LogP contribution in [0, 0.1) is 15.5 Å². The van der Waals surface area contributed by atoms with Crippen LogP contribution in [0.5, 0.6) is 17.2 Å². The van der Waals surface area contributed by atoms with Gasteiger partial charge in [0.2, 0.25) is 0 Å². The summed E-state index contributed by atoms with van der Waals surface area (Å²) in [6.45, 7) is 9.53. The van der Waals surface area contributed by atoms with Crippen LogP contribution in [0.15, 0.2) is 95.5 Å². The molecular formula is C45H47Cl2N5O9S. The number of nitro benzene ring substituents is 1. The van der Waals surface area contributed by atoms with E-state index in [0.29, 0.717) is 26.3 Å². The maximum Gasteiger partial charge on any atom is 0.312 e.